The number of aromatic nitrogens is 3. The summed E-state index contributed by atoms with van der Waals surface area (Å²) in [7, 11) is 1.43. The van der Waals surface area contributed by atoms with Gasteiger partial charge in [-0.1, -0.05) is 30.3 Å². The number of rotatable bonds is 6. The molecular formula is C39H44N6O2. The number of pyridine rings is 3. The number of nitrogen functional groups attached to an aromatic ring is 1. The van der Waals surface area contributed by atoms with Crippen molar-refractivity contribution in [2.45, 2.75) is 63.7 Å². The zero-order valence-corrected chi connectivity index (χ0v) is 27.3. The zero-order valence-electron chi connectivity index (χ0n) is 27.3. The first-order valence-electron chi connectivity index (χ1n) is 17.2. The molecule has 0 unspecified atom stereocenters. The van der Waals surface area contributed by atoms with E-state index in [0.29, 0.717) is 17.9 Å². The number of anilines is 3. The lowest BCUT2D eigenvalue weighted by Crippen LogP contribution is -2.30. The summed E-state index contributed by atoms with van der Waals surface area (Å²) in [6.07, 6.45) is 16.3. The Kier molecular flexibility index (Phi) is 9.18. The van der Waals surface area contributed by atoms with Gasteiger partial charge in [-0.3, -0.25) is 4.98 Å². The van der Waals surface area contributed by atoms with E-state index in [-0.39, 0.29) is 5.97 Å². The minimum atomic E-state index is -0.309. The fraction of sp³-hybridized carbons (Fsp3) is 0.385. The molecule has 5 heterocycles. The maximum absolute atomic E-state index is 12.5. The molecule has 0 radical (unpaired) electrons. The van der Waals surface area contributed by atoms with Gasteiger partial charge in [0.05, 0.1) is 18.4 Å². The van der Waals surface area contributed by atoms with E-state index in [1.54, 1.807) is 0 Å². The van der Waals surface area contributed by atoms with E-state index < -0.39 is 0 Å². The van der Waals surface area contributed by atoms with Crippen LogP contribution in [0.4, 0.5) is 17.3 Å². The molecule has 3 fully saturated rings. The second-order valence-electron chi connectivity index (χ2n) is 13.0. The van der Waals surface area contributed by atoms with Crippen LogP contribution < -0.4 is 15.5 Å². The van der Waals surface area contributed by atoms with Crippen LogP contribution in [-0.4, -0.2) is 54.2 Å². The molecule has 2 aliphatic heterocycles. The minimum Gasteiger partial charge on any atom is -0.465 e. The fourth-order valence-electron chi connectivity index (χ4n) is 7.10. The third kappa shape index (κ3) is 6.73. The topological polar surface area (TPSA) is 97.5 Å². The van der Waals surface area contributed by atoms with Crippen LogP contribution in [0.25, 0.3) is 21.5 Å². The number of benzene rings is 2. The predicted octanol–water partition coefficient (Wildman–Crippen LogP) is 7.68. The van der Waals surface area contributed by atoms with Gasteiger partial charge in [0.2, 0.25) is 0 Å². The van der Waals surface area contributed by atoms with Crippen LogP contribution in [-0.2, 0) is 11.2 Å². The summed E-state index contributed by atoms with van der Waals surface area (Å²) in [5, 5.41) is 4.64. The summed E-state index contributed by atoms with van der Waals surface area (Å²) in [6.45, 7) is 4.35. The number of carbonyl (C=O) groups excluding carboxylic acids is 1. The van der Waals surface area contributed by atoms with E-state index in [0.717, 1.165) is 65.7 Å². The Labute approximate surface area is 277 Å². The predicted molar refractivity (Wildman–Crippen MR) is 190 cm³/mol. The van der Waals surface area contributed by atoms with E-state index in [9.17, 15) is 4.79 Å². The van der Waals surface area contributed by atoms with Gasteiger partial charge in [0.25, 0.3) is 0 Å². The highest BCUT2D eigenvalue weighted by Gasteiger charge is 2.26. The summed E-state index contributed by atoms with van der Waals surface area (Å²) in [4.78, 5) is 31.2. The van der Waals surface area contributed by atoms with Gasteiger partial charge < -0.3 is 20.3 Å². The van der Waals surface area contributed by atoms with Crippen molar-refractivity contribution in [2.75, 3.05) is 48.8 Å². The summed E-state index contributed by atoms with van der Waals surface area (Å²) in [5.41, 5.74) is 10.5. The molecule has 5 aromatic rings. The second kappa shape index (κ2) is 14.0. The van der Waals surface area contributed by atoms with Gasteiger partial charge in [-0.25, -0.2) is 14.8 Å². The van der Waals surface area contributed by atoms with Crippen LogP contribution in [0.2, 0.25) is 0 Å². The first-order valence-corrected chi connectivity index (χ1v) is 17.2. The Hall–Kier alpha value is -4.72. The molecule has 0 atom stereocenters. The monoisotopic (exact) mass is 628 g/mol. The molecule has 0 amide bonds. The molecule has 47 heavy (non-hydrogen) atoms. The maximum Gasteiger partial charge on any atom is 0.339 e. The molecule has 8 nitrogen and oxygen atoms in total. The largest absolute Gasteiger partial charge is 0.465 e. The van der Waals surface area contributed by atoms with Crippen molar-refractivity contribution >= 4 is 44.8 Å². The third-order valence-corrected chi connectivity index (χ3v) is 9.81. The van der Waals surface area contributed by atoms with Gasteiger partial charge in [0.1, 0.15) is 11.6 Å². The van der Waals surface area contributed by atoms with E-state index >= 15 is 0 Å². The average Bonchev–Trinajstić information content (AvgIpc) is 3.98. The van der Waals surface area contributed by atoms with Crippen molar-refractivity contribution < 1.29 is 9.53 Å². The number of methoxy groups -OCH3 is 1. The molecule has 0 bridgehead atoms. The average molecular weight is 629 g/mol. The highest BCUT2D eigenvalue weighted by atomic mass is 16.5. The van der Waals surface area contributed by atoms with Crippen molar-refractivity contribution in [2.24, 2.45) is 0 Å². The molecule has 3 aromatic heterocycles. The lowest BCUT2D eigenvalue weighted by molar-refractivity contribution is 0.0599. The molecule has 0 spiro atoms. The highest BCUT2D eigenvalue weighted by Crippen LogP contribution is 2.40. The Morgan fingerprint density at radius 2 is 1.36 bits per heavy atom. The number of hydrogen-bond acceptors (Lipinski definition) is 8. The number of fused-ring (bicyclic) bond motifs is 2. The number of esters is 1. The number of hydrogen-bond donors (Lipinski definition) is 1. The van der Waals surface area contributed by atoms with Crippen molar-refractivity contribution in [1.29, 1.82) is 0 Å². The SMILES string of the molecule is COC(=O)c1cc(C2CC2)cnc1Cc1cccc2c(N3CCCCC3)nccc12.Nc1cccc2c(N3CCCCC3)nccc12. The lowest BCUT2D eigenvalue weighted by Gasteiger charge is -2.28. The van der Waals surface area contributed by atoms with Crippen LogP contribution >= 0.6 is 0 Å². The quantitative estimate of drug-likeness (QED) is 0.151. The fourth-order valence-corrected chi connectivity index (χ4v) is 7.10. The molecule has 2 aromatic carbocycles. The van der Waals surface area contributed by atoms with Crippen LogP contribution in [0.3, 0.4) is 0 Å². The second-order valence-corrected chi connectivity index (χ2v) is 13.0. The summed E-state index contributed by atoms with van der Waals surface area (Å²) in [5.74, 6) is 2.40. The highest BCUT2D eigenvalue weighted by molar-refractivity contribution is 5.99. The number of nitrogens with two attached hydrogens (primary N) is 1. The van der Waals surface area contributed by atoms with Gasteiger partial charge in [-0.15, -0.1) is 0 Å². The molecule has 2 N–H and O–H groups in total. The van der Waals surface area contributed by atoms with Crippen LogP contribution in [0.5, 0.6) is 0 Å². The Bertz CT molecular complexity index is 1880. The number of ether oxygens (including phenoxy) is 1. The van der Waals surface area contributed by atoms with E-state index in [1.807, 2.05) is 42.9 Å². The van der Waals surface area contributed by atoms with E-state index in [1.165, 1.54) is 74.6 Å². The van der Waals surface area contributed by atoms with E-state index in [2.05, 4.69) is 45.1 Å². The number of piperidine rings is 2. The Morgan fingerprint density at radius 3 is 1.98 bits per heavy atom. The maximum atomic E-state index is 12.5. The van der Waals surface area contributed by atoms with Crippen LogP contribution in [0.15, 0.2) is 73.2 Å². The number of carbonyl (C=O) groups is 1. The molecular weight excluding hydrogens is 584 g/mol. The minimum absolute atomic E-state index is 0.309. The first-order chi connectivity index (χ1) is 23.1. The van der Waals surface area contributed by atoms with Crippen molar-refractivity contribution in [3.63, 3.8) is 0 Å². The molecule has 1 saturated carbocycles. The van der Waals surface area contributed by atoms with Gasteiger partial charge in [0.15, 0.2) is 0 Å². The van der Waals surface area contributed by atoms with Crippen LogP contribution in [0, 0.1) is 0 Å². The summed E-state index contributed by atoms with van der Waals surface area (Å²) < 4.78 is 5.06. The molecule has 242 valence electrons. The van der Waals surface area contributed by atoms with Gasteiger partial charge >= 0.3 is 5.97 Å². The standard InChI is InChI=1S/C25H27N3O2.C14H17N3/c1-30-25(29)22-14-19(17-8-9-17)16-27-23(22)15-18-6-5-7-21-20(18)10-11-26-24(21)28-12-3-2-4-13-28;15-13-6-4-5-12-11(13)7-8-16-14(12)17-9-2-1-3-10-17/h5-7,10-11,14,16-17H,2-4,8-9,12-13,15H2,1H3;4-8H,1-3,9-10,15H2. The van der Waals surface area contributed by atoms with Gasteiger partial charge in [-0.05, 0) is 98.1 Å². The molecule has 3 aliphatic rings. The summed E-state index contributed by atoms with van der Waals surface area (Å²) in [6, 6.07) is 18.5. The molecule has 1 aliphatic carbocycles. The van der Waals surface area contributed by atoms with Crippen molar-refractivity contribution in [3.8, 4) is 0 Å². The van der Waals surface area contributed by atoms with Crippen molar-refractivity contribution in [3.05, 3.63) is 95.6 Å². The van der Waals surface area contributed by atoms with E-state index in [4.69, 9.17) is 20.4 Å². The molecule has 2 saturated heterocycles. The zero-order chi connectivity index (χ0) is 32.2. The first kappa shape index (κ1) is 30.9. The lowest BCUT2D eigenvalue weighted by atomic mass is 9.98. The molecule has 8 rings (SSSR count). The normalized spacial score (nSPS) is 16.5. The summed E-state index contributed by atoms with van der Waals surface area (Å²) >= 11 is 0. The van der Waals surface area contributed by atoms with Crippen LogP contribution in [0.1, 0.15) is 84.5 Å². The number of nitrogens with zero attached hydrogens (tertiary/aromatic N) is 5. The van der Waals surface area contributed by atoms with Gasteiger partial charge in [0, 0.05) is 73.0 Å². The smallest absolute Gasteiger partial charge is 0.339 e. The Morgan fingerprint density at radius 1 is 0.766 bits per heavy atom. The van der Waals surface area contributed by atoms with Crippen molar-refractivity contribution in [1.82, 2.24) is 15.0 Å². The molecule has 8 heteroatoms. The third-order valence-electron chi connectivity index (χ3n) is 9.81. The Balaban J connectivity index is 0.000000174. The van der Waals surface area contributed by atoms with Gasteiger partial charge in [-0.2, -0.15) is 0 Å².